The lowest BCUT2D eigenvalue weighted by Gasteiger charge is -2.36. The number of piperazine rings is 1. The highest BCUT2D eigenvalue weighted by Gasteiger charge is 2.37. The summed E-state index contributed by atoms with van der Waals surface area (Å²) in [6, 6.07) is 13.8. The molecule has 0 spiro atoms. The summed E-state index contributed by atoms with van der Waals surface area (Å²) in [4.78, 5) is 46.5. The number of cyclic esters (lactones) is 1. The number of amides is 2. The maximum absolute atomic E-state index is 12.4. The number of benzene rings is 1. The molecule has 0 bridgehead atoms. The predicted octanol–water partition coefficient (Wildman–Crippen LogP) is 3.65. The van der Waals surface area contributed by atoms with Crippen molar-refractivity contribution in [2.75, 3.05) is 62.1 Å². The molecule has 0 saturated carbocycles. The summed E-state index contributed by atoms with van der Waals surface area (Å²) in [5.74, 6) is 2.47. The first-order chi connectivity index (χ1) is 20.6. The maximum Gasteiger partial charge on any atom is 0.410 e. The predicted molar refractivity (Wildman–Crippen MR) is 164 cm³/mol. The number of hydrogen-bond donors (Lipinski definition) is 2. The van der Waals surface area contributed by atoms with Crippen LogP contribution < -0.4 is 15.5 Å². The molecule has 11 nitrogen and oxygen atoms in total. The number of aromatic nitrogens is 4. The van der Waals surface area contributed by atoms with Gasteiger partial charge in [0.1, 0.15) is 24.6 Å². The smallest absolute Gasteiger partial charge is 0.410 e. The molecule has 4 aromatic rings. The van der Waals surface area contributed by atoms with Crippen LogP contribution in [-0.4, -0.2) is 94.7 Å². The number of rotatable bonds is 9. The molecule has 2 N–H and O–H groups in total. The van der Waals surface area contributed by atoms with Crippen LogP contribution in [0.3, 0.4) is 0 Å². The highest BCUT2D eigenvalue weighted by atomic mass is 32.2. The molecular formula is C30H32N8O3S. The first kappa shape index (κ1) is 27.7. The fourth-order valence-electron chi connectivity index (χ4n) is 5.58. The number of carbonyl (C=O) groups excluding carboxylic acids is 2. The SMILES string of the molecule is CNC(=O)c1ccnc2c(C(CNc3cc(-c4ccc(N5CCN6C(=O)OCC6C5)nc4)ncn3)CSC)cccc12. The molecular weight excluding hydrogens is 552 g/mol. The number of fused-ring (bicyclic) bond motifs is 2. The van der Waals surface area contributed by atoms with E-state index in [-0.39, 0.29) is 24.0 Å². The first-order valence-corrected chi connectivity index (χ1v) is 15.2. The van der Waals surface area contributed by atoms with Crippen LogP contribution in [0, 0.1) is 0 Å². The molecule has 2 saturated heterocycles. The van der Waals surface area contributed by atoms with Gasteiger partial charge in [-0.05, 0) is 30.0 Å². The van der Waals surface area contributed by atoms with Crippen molar-refractivity contribution in [2.24, 2.45) is 0 Å². The van der Waals surface area contributed by atoms with Crippen LogP contribution in [0.5, 0.6) is 0 Å². The monoisotopic (exact) mass is 584 g/mol. The molecule has 12 heteroatoms. The minimum Gasteiger partial charge on any atom is -0.447 e. The van der Waals surface area contributed by atoms with Gasteiger partial charge in [-0.1, -0.05) is 18.2 Å². The van der Waals surface area contributed by atoms with Crippen molar-refractivity contribution in [1.29, 1.82) is 0 Å². The number of nitrogens with one attached hydrogen (secondary N) is 2. The van der Waals surface area contributed by atoms with E-state index in [1.165, 1.54) is 0 Å². The molecule has 0 aliphatic carbocycles. The highest BCUT2D eigenvalue weighted by Crippen LogP contribution is 2.29. The van der Waals surface area contributed by atoms with Gasteiger partial charge in [-0.25, -0.2) is 19.7 Å². The number of para-hydroxylation sites is 1. The Bertz CT molecular complexity index is 1600. The number of anilines is 2. The third-order valence-corrected chi connectivity index (χ3v) is 8.50. The van der Waals surface area contributed by atoms with Gasteiger partial charge in [-0.2, -0.15) is 11.8 Å². The Hall–Kier alpha value is -4.45. The Morgan fingerprint density at radius 2 is 2.05 bits per heavy atom. The fourth-order valence-corrected chi connectivity index (χ4v) is 6.28. The molecule has 3 aromatic heterocycles. The number of nitrogens with zero attached hydrogens (tertiary/aromatic N) is 6. The van der Waals surface area contributed by atoms with Gasteiger partial charge in [0.15, 0.2) is 0 Å². The van der Waals surface area contributed by atoms with Crippen LogP contribution in [0.1, 0.15) is 21.8 Å². The lowest BCUT2D eigenvalue weighted by Crippen LogP contribution is -2.52. The third kappa shape index (κ3) is 5.54. The molecule has 2 atom stereocenters. The average Bonchev–Trinajstić information content (AvgIpc) is 3.42. The summed E-state index contributed by atoms with van der Waals surface area (Å²) in [5.41, 5.74) is 4.20. The number of hydrogen-bond acceptors (Lipinski definition) is 10. The summed E-state index contributed by atoms with van der Waals surface area (Å²) in [5, 5.41) is 7.06. The van der Waals surface area contributed by atoms with Crippen LogP contribution in [0.2, 0.25) is 0 Å². The first-order valence-electron chi connectivity index (χ1n) is 13.8. The number of thioether (sulfide) groups is 1. The van der Waals surface area contributed by atoms with E-state index in [1.54, 1.807) is 42.3 Å². The summed E-state index contributed by atoms with van der Waals surface area (Å²) in [7, 11) is 1.64. The van der Waals surface area contributed by atoms with Gasteiger partial charge in [0.2, 0.25) is 0 Å². The van der Waals surface area contributed by atoms with E-state index in [2.05, 4.69) is 42.8 Å². The topological polar surface area (TPSA) is 125 Å². The van der Waals surface area contributed by atoms with Crippen molar-refractivity contribution in [1.82, 2.24) is 30.2 Å². The molecule has 6 rings (SSSR count). The molecule has 2 fully saturated rings. The number of pyridine rings is 2. The van der Waals surface area contributed by atoms with Crippen LogP contribution in [0.4, 0.5) is 16.4 Å². The average molecular weight is 585 g/mol. The number of ether oxygens (including phenoxy) is 1. The van der Waals surface area contributed by atoms with E-state index in [4.69, 9.17) is 9.72 Å². The molecule has 5 heterocycles. The molecule has 0 radical (unpaired) electrons. The lowest BCUT2D eigenvalue weighted by atomic mass is 9.95. The molecule has 1 aromatic carbocycles. The molecule has 42 heavy (non-hydrogen) atoms. The van der Waals surface area contributed by atoms with Gasteiger partial charge in [0, 0.05) is 74.3 Å². The molecule has 2 aliphatic rings. The van der Waals surface area contributed by atoms with Crippen LogP contribution in [0.25, 0.3) is 22.2 Å². The van der Waals surface area contributed by atoms with Gasteiger partial charge in [-0.15, -0.1) is 0 Å². The van der Waals surface area contributed by atoms with E-state index in [9.17, 15) is 9.59 Å². The van der Waals surface area contributed by atoms with Gasteiger partial charge >= 0.3 is 6.09 Å². The van der Waals surface area contributed by atoms with Crippen LogP contribution >= 0.6 is 11.8 Å². The molecule has 2 amide bonds. The molecule has 216 valence electrons. The van der Waals surface area contributed by atoms with Crippen molar-refractivity contribution in [3.63, 3.8) is 0 Å². The second-order valence-electron chi connectivity index (χ2n) is 10.3. The Labute approximate surface area is 248 Å². The number of carbonyl (C=O) groups is 2. The Kier molecular flexibility index (Phi) is 8.04. The summed E-state index contributed by atoms with van der Waals surface area (Å²) >= 11 is 1.76. The van der Waals surface area contributed by atoms with Crippen molar-refractivity contribution >= 4 is 46.3 Å². The Morgan fingerprint density at radius 1 is 1.14 bits per heavy atom. The van der Waals surface area contributed by atoms with E-state index in [1.807, 2.05) is 36.5 Å². The second kappa shape index (κ2) is 12.2. The molecule has 2 aliphatic heterocycles. The lowest BCUT2D eigenvalue weighted by molar-refractivity contribution is 0.0964. The standard InChI is InChI=1S/C30H32N8O3S/c1-31-29(39)24-8-9-32-28-22(4-3-5-23(24)28)20(17-42-2)14-33-26-12-25(35-18-36-26)19-6-7-27(34-13-19)37-10-11-38-21(15-37)16-41-30(38)40/h3-9,12-13,18,20-21H,10-11,14-17H2,1-2H3,(H,31,39)(H,33,35,36). The summed E-state index contributed by atoms with van der Waals surface area (Å²) < 4.78 is 5.18. The quantitative estimate of drug-likeness (QED) is 0.301. The largest absolute Gasteiger partial charge is 0.447 e. The second-order valence-corrected chi connectivity index (χ2v) is 11.2. The Balaban J connectivity index is 1.16. The zero-order valence-corrected chi connectivity index (χ0v) is 24.3. The minimum absolute atomic E-state index is 0.0701. The highest BCUT2D eigenvalue weighted by molar-refractivity contribution is 7.98. The summed E-state index contributed by atoms with van der Waals surface area (Å²) in [6.45, 7) is 3.12. The van der Waals surface area contributed by atoms with Crippen molar-refractivity contribution in [3.05, 3.63) is 72.3 Å². The van der Waals surface area contributed by atoms with E-state index < -0.39 is 0 Å². The maximum atomic E-state index is 12.4. The zero-order valence-electron chi connectivity index (χ0n) is 23.5. The van der Waals surface area contributed by atoms with Gasteiger partial charge < -0.3 is 20.3 Å². The van der Waals surface area contributed by atoms with E-state index in [0.29, 0.717) is 31.8 Å². The van der Waals surface area contributed by atoms with E-state index >= 15 is 0 Å². The third-order valence-electron chi connectivity index (χ3n) is 7.76. The van der Waals surface area contributed by atoms with Crippen LogP contribution in [-0.2, 0) is 4.74 Å². The molecule has 2 unspecified atom stereocenters. The van der Waals surface area contributed by atoms with Crippen molar-refractivity contribution in [2.45, 2.75) is 12.0 Å². The van der Waals surface area contributed by atoms with Gasteiger partial charge in [-0.3, -0.25) is 14.7 Å². The van der Waals surface area contributed by atoms with Crippen molar-refractivity contribution < 1.29 is 14.3 Å². The fraction of sp³-hybridized carbons (Fsp3) is 0.333. The minimum atomic E-state index is -0.222. The van der Waals surface area contributed by atoms with Gasteiger partial charge in [0.25, 0.3) is 5.91 Å². The van der Waals surface area contributed by atoms with Gasteiger partial charge in [0.05, 0.1) is 22.8 Å². The summed E-state index contributed by atoms with van der Waals surface area (Å²) in [6.07, 6.45) is 6.94. The van der Waals surface area contributed by atoms with Crippen LogP contribution in [0.15, 0.2) is 61.2 Å². The Morgan fingerprint density at radius 3 is 2.86 bits per heavy atom. The van der Waals surface area contributed by atoms with E-state index in [0.717, 1.165) is 51.7 Å². The zero-order chi connectivity index (χ0) is 29.1. The normalized spacial score (nSPS) is 17.1. The van der Waals surface area contributed by atoms with Crippen molar-refractivity contribution in [3.8, 4) is 11.3 Å².